The smallest absolute Gasteiger partial charge is 0.305 e. The molecule has 2 heterocycles. The Bertz CT molecular complexity index is 1250. The molecule has 0 aliphatic rings. The van der Waals surface area contributed by atoms with Crippen LogP contribution in [0.15, 0.2) is 65.5 Å². The minimum absolute atomic E-state index is 0.0476. The largest absolute Gasteiger partial charge is 0.469 e. The average Bonchev–Trinajstić information content (AvgIpc) is 3.10. The normalized spacial score (nSPS) is 11.2. The molecule has 0 amide bonds. The molecule has 0 aliphatic heterocycles. The van der Waals surface area contributed by atoms with E-state index in [1.165, 1.54) is 7.11 Å². The highest BCUT2D eigenvalue weighted by Crippen LogP contribution is 2.33. The Kier molecular flexibility index (Phi) is 6.51. The van der Waals surface area contributed by atoms with Crippen molar-refractivity contribution in [1.82, 2.24) is 9.55 Å². The van der Waals surface area contributed by atoms with Crippen LogP contribution in [0, 0.1) is 13.8 Å². The van der Waals surface area contributed by atoms with E-state index in [2.05, 4.69) is 24.3 Å². The fraction of sp³-hybridized carbons (Fsp3) is 0.269. The van der Waals surface area contributed by atoms with Crippen LogP contribution >= 0.6 is 11.3 Å². The topological polar surface area (TPSA) is 61.2 Å². The Morgan fingerprint density at radius 3 is 2.19 bits per heavy atom. The lowest BCUT2D eigenvalue weighted by Gasteiger charge is -2.22. The van der Waals surface area contributed by atoms with Crippen molar-refractivity contribution < 1.29 is 9.53 Å². The van der Waals surface area contributed by atoms with Gasteiger partial charge in [0.2, 0.25) is 0 Å². The molecule has 0 atom stereocenters. The van der Waals surface area contributed by atoms with Crippen LogP contribution in [-0.2, 0) is 16.1 Å². The van der Waals surface area contributed by atoms with E-state index < -0.39 is 0 Å². The number of thiophene rings is 1. The molecule has 0 bridgehead atoms. The van der Waals surface area contributed by atoms with E-state index in [0.717, 1.165) is 26.4 Å². The fourth-order valence-corrected chi connectivity index (χ4v) is 5.07. The highest BCUT2D eigenvalue weighted by Gasteiger charge is 2.25. The minimum Gasteiger partial charge on any atom is -0.469 e. The summed E-state index contributed by atoms with van der Waals surface area (Å²) < 4.78 is 6.55. The van der Waals surface area contributed by atoms with Gasteiger partial charge < -0.3 is 4.74 Å². The molecule has 32 heavy (non-hydrogen) atoms. The van der Waals surface area contributed by atoms with Crippen LogP contribution in [0.25, 0.3) is 10.2 Å². The van der Waals surface area contributed by atoms with Gasteiger partial charge in [0, 0.05) is 17.8 Å². The lowest BCUT2D eigenvalue weighted by atomic mass is 9.90. The third-order valence-electron chi connectivity index (χ3n) is 5.83. The zero-order valence-electron chi connectivity index (χ0n) is 18.5. The van der Waals surface area contributed by atoms with Gasteiger partial charge in [-0.3, -0.25) is 14.2 Å². The Balaban J connectivity index is 1.94. The van der Waals surface area contributed by atoms with Gasteiger partial charge >= 0.3 is 5.97 Å². The zero-order chi connectivity index (χ0) is 22.7. The maximum atomic E-state index is 13.7. The molecule has 164 valence electrons. The quantitative estimate of drug-likeness (QED) is 0.366. The number of rotatable bonds is 7. The molecule has 0 aliphatic carbocycles. The van der Waals surface area contributed by atoms with Gasteiger partial charge in [0.1, 0.15) is 10.7 Å². The predicted molar refractivity (Wildman–Crippen MR) is 128 cm³/mol. The summed E-state index contributed by atoms with van der Waals surface area (Å²) in [6, 6.07) is 20.2. The summed E-state index contributed by atoms with van der Waals surface area (Å²) in [5.41, 5.74) is 3.06. The van der Waals surface area contributed by atoms with Crippen molar-refractivity contribution in [3.05, 3.63) is 98.4 Å². The molecule has 0 saturated heterocycles. The average molecular weight is 447 g/mol. The van der Waals surface area contributed by atoms with E-state index in [1.807, 2.05) is 50.2 Å². The Hall–Kier alpha value is -3.25. The van der Waals surface area contributed by atoms with E-state index in [-0.39, 0.29) is 23.9 Å². The van der Waals surface area contributed by atoms with Crippen LogP contribution in [0.4, 0.5) is 0 Å². The van der Waals surface area contributed by atoms with Gasteiger partial charge in [-0.25, -0.2) is 4.98 Å². The third-order valence-corrected chi connectivity index (χ3v) is 6.93. The van der Waals surface area contributed by atoms with E-state index >= 15 is 0 Å². The number of carbonyl (C=O) groups is 1. The number of fused-ring (bicyclic) bond motifs is 1. The van der Waals surface area contributed by atoms with Gasteiger partial charge in [0.15, 0.2) is 0 Å². The van der Waals surface area contributed by atoms with Gasteiger partial charge in [-0.05, 0) is 37.0 Å². The maximum Gasteiger partial charge on any atom is 0.305 e. The first-order chi connectivity index (χ1) is 15.5. The number of nitrogens with zero attached hydrogens (tertiary/aromatic N) is 2. The molecule has 0 fully saturated rings. The molecule has 2 aromatic heterocycles. The molecular weight excluding hydrogens is 420 g/mol. The molecule has 0 spiro atoms. The number of hydrogen-bond donors (Lipinski definition) is 0. The second-order valence-electron chi connectivity index (χ2n) is 7.82. The zero-order valence-corrected chi connectivity index (χ0v) is 19.3. The predicted octanol–water partition coefficient (Wildman–Crippen LogP) is 5.21. The summed E-state index contributed by atoms with van der Waals surface area (Å²) >= 11 is 1.56. The molecule has 2 aromatic carbocycles. The number of aryl methyl sites for hydroxylation is 2. The van der Waals surface area contributed by atoms with Crippen molar-refractivity contribution in [1.29, 1.82) is 0 Å². The van der Waals surface area contributed by atoms with Crippen molar-refractivity contribution in [2.24, 2.45) is 0 Å². The number of carbonyl (C=O) groups excluding carboxylic acids is 1. The summed E-state index contributed by atoms with van der Waals surface area (Å²) in [4.78, 5) is 32.3. The monoisotopic (exact) mass is 446 g/mol. The first kappa shape index (κ1) is 22.0. The maximum absolute atomic E-state index is 13.7. The molecule has 6 heteroatoms. The van der Waals surface area contributed by atoms with Crippen molar-refractivity contribution in [2.45, 2.75) is 39.2 Å². The van der Waals surface area contributed by atoms with Crippen molar-refractivity contribution in [3.63, 3.8) is 0 Å². The van der Waals surface area contributed by atoms with E-state index in [9.17, 15) is 9.59 Å². The molecule has 0 saturated carbocycles. The lowest BCUT2D eigenvalue weighted by Crippen LogP contribution is -2.28. The highest BCUT2D eigenvalue weighted by atomic mass is 32.1. The number of esters is 1. The third kappa shape index (κ3) is 4.23. The SMILES string of the molecule is COC(=O)CCCn1c(C(c2ccccc2)c2ccccc2)nc2sc(C)c(C)c2c1=O. The van der Waals surface area contributed by atoms with Crippen LogP contribution in [0.3, 0.4) is 0 Å². The van der Waals surface area contributed by atoms with E-state index in [4.69, 9.17) is 9.72 Å². The number of aromatic nitrogens is 2. The van der Waals surface area contributed by atoms with Crippen LogP contribution in [0.1, 0.15) is 46.2 Å². The molecule has 4 aromatic rings. The second-order valence-corrected chi connectivity index (χ2v) is 9.03. The standard InChI is InChI=1S/C26H26N2O3S/c1-17-18(2)32-25-22(17)26(30)28(16-10-15-21(29)31-3)24(27-25)23(19-11-6-4-7-12-19)20-13-8-5-9-14-20/h4-9,11-14,23H,10,15-16H2,1-3H3. The van der Waals surface area contributed by atoms with Gasteiger partial charge in [-0.1, -0.05) is 60.7 Å². The Morgan fingerprint density at radius 1 is 1.03 bits per heavy atom. The Morgan fingerprint density at radius 2 is 1.62 bits per heavy atom. The summed E-state index contributed by atoms with van der Waals surface area (Å²) in [7, 11) is 1.38. The van der Waals surface area contributed by atoms with E-state index in [0.29, 0.717) is 24.2 Å². The second kappa shape index (κ2) is 9.49. The number of benzene rings is 2. The van der Waals surface area contributed by atoms with Gasteiger partial charge in [0.05, 0.1) is 18.4 Å². The van der Waals surface area contributed by atoms with Crippen molar-refractivity contribution in [2.75, 3.05) is 7.11 Å². The molecular formula is C26H26N2O3S. The van der Waals surface area contributed by atoms with Crippen LogP contribution in [0.2, 0.25) is 0 Å². The first-order valence-corrected chi connectivity index (χ1v) is 11.5. The van der Waals surface area contributed by atoms with Gasteiger partial charge in [-0.15, -0.1) is 11.3 Å². The molecule has 4 rings (SSSR count). The summed E-state index contributed by atoms with van der Waals surface area (Å²) in [5.74, 6) is 0.222. The summed E-state index contributed by atoms with van der Waals surface area (Å²) in [6.07, 6.45) is 0.759. The molecule has 0 radical (unpaired) electrons. The molecule has 0 N–H and O–H groups in total. The molecule has 5 nitrogen and oxygen atoms in total. The Labute approximate surface area is 191 Å². The van der Waals surface area contributed by atoms with Crippen LogP contribution in [-0.4, -0.2) is 22.6 Å². The highest BCUT2D eigenvalue weighted by molar-refractivity contribution is 7.18. The first-order valence-electron chi connectivity index (χ1n) is 10.7. The lowest BCUT2D eigenvalue weighted by molar-refractivity contribution is -0.140. The fourth-order valence-electron chi connectivity index (χ4n) is 4.04. The van der Waals surface area contributed by atoms with Gasteiger partial charge in [-0.2, -0.15) is 0 Å². The number of methoxy groups -OCH3 is 1. The number of hydrogen-bond acceptors (Lipinski definition) is 5. The minimum atomic E-state index is -0.279. The van der Waals surface area contributed by atoms with Crippen LogP contribution in [0.5, 0.6) is 0 Å². The number of ether oxygens (including phenoxy) is 1. The summed E-state index contributed by atoms with van der Waals surface area (Å²) in [5, 5.41) is 0.675. The van der Waals surface area contributed by atoms with Crippen LogP contribution < -0.4 is 5.56 Å². The molecule has 0 unspecified atom stereocenters. The van der Waals surface area contributed by atoms with Crippen molar-refractivity contribution >= 4 is 27.5 Å². The van der Waals surface area contributed by atoms with Crippen molar-refractivity contribution in [3.8, 4) is 0 Å². The summed E-state index contributed by atoms with van der Waals surface area (Å²) in [6.45, 7) is 4.40. The van der Waals surface area contributed by atoms with Gasteiger partial charge in [0.25, 0.3) is 5.56 Å². The van der Waals surface area contributed by atoms with E-state index in [1.54, 1.807) is 15.9 Å².